The Hall–Kier alpha value is -0.570. The molecule has 1 aliphatic rings. The van der Waals surface area contributed by atoms with Crippen LogP contribution in [0.15, 0.2) is 0 Å². The molecule has 0 aliphatic carbocycles. The van der Waals surface area contributed by atoms with E-state index in [0.717, 1.165) is 38.8 Å². The summed E-state index contributed by atoms with van der Waals surface area (Å²) in [5.41, 5.74) is -0.501. The van der Waals surface area contributed by atoms with E-state index in [1.807, 2.05) is 0 Å². The van der Waals surface area contributed by atoms with Gasteiger partial charge in [0.25, 0.3) is 0 Å². The van der Waals surface area contributed by atoms with Gasteiger partial charge in [-0.3, -0.25) is 9.69 Å². The van der Waals surface area contributed by atoms with Crippen molar-refractivity contribution in [2.24, 2.45) is 17.3 Å². The third kappa shape index (κ3) is 5.28. The molecule has 0 amide bonds. The van der Waals surface area contributed by atoms with Crippen LogP contribution in [0.2, 0.25) is 0 Å². The molecule has 0 aromatic carbocycles. The third-order valence-corrected chi connectivity index (χ3v) is 4.79. The molecule has 1 atom stereocenters. The summed E-state index contributed by atoms with van der Waals surface area (Å²) < 4.78 is 0. The van der Waals surface area contributed by atoms with Crippen molar-refractivity contribution in [2.75, 3.05) is 13.1 Å². The maximum absolute atomic E-state index is 11.9. The molecule has 1 saturated heterocycles. The second-order valence-electron chi connectivity index (χ2n) is 7.82. The van der Waals surface area contributed by atoms with Crippen LogP contribution in [-0.4, -0.2) is 35.1 Å². The number of aliphatic carboxylic acids is 1. The number of carboxylic acids is 1. The molecule has 21 heavy (non-hydrogen) atoms. The van der Waals surface area contributed by atoms with Crippen molar-refractivity contribution in [3.05, 3.63) is 0 Å². The first kappa shape index (κ1) is 18.5. The van der Waals surface area contributed by atoms with Gasteiger partial charge in [0.15, 0.2) is 0 Å². The summed E-state index contributed by atoms with van der Waals surface area (Å²) >= 11 is 0. The minimum Gasteiger partial charge on any atom is -0.481 e. The maximum Gasteiger partial charge on any atom is 0.310 e. The molecule has 3 heteroatoms. The highest BCUT2D eigenvalue weighted by Crippen LogP contribution is 2.37. The first-order valence-corrected chi connectivity index (χ1v) is 8.78. The van der Waals surface area contributed by atoms with E-state index < -0.39 is 11.4 Å². The van der Waals surface area contributed by atoms with E-state index in [1.54, 1.807) is 0 Å². The Bertz CT molecular complexity index is 313. The van der Waals surface area contributed by atoms with Gasteiger partial charge in [-0.05, 0) is 50.5 Å². The normalized spacial score (nSPS) is 24.2. The third-order valence-electron chi connectivity index (χ3n) is 4.79. The van der Waals surface area contributed by atoms with Crippen LogP contribution in [-0.2, 0) is 4.79 Å². The summed E-state index contributed by atoms with van der Waals surface area (Å²) in [5.74, 6) is 0.754. The highest BCUT2D eigenvalue weighted by atomic mass is 16.4. The zero-order valence-electron chi connectivity index (χ0n) is 14.7. The Labute approximate surface area is 131 Å². The summed E-state index contributed by atoms with van der Waals surface area (Å²) in [7, 11) is 0. The Kier molecular flexibility index (Phi) is 7.19. The fraction of sp³-hybridized carbons (Fsp3) is 0.944. The standard InChI is InChI=1S/C18H35NO2/c1-6-8-18(17(20)21)9-7-10-19(13-18)16(11-14(2)3)12-15(4)5/h14-16H,6-13H2,1-5H3,(H,20,21). The topological polar surface area (TPSA) is 40.5 Å². The minimum absolute atomic E-state index is 0.501. The zero-order chi connectivity index (χ0) is 16.0. The fourth-order valence-corrected chi connectivity index (χ4v) is 3.93. The summed E-state index contributed by atoms with van der Waals surface area (Å²) in [6.45, 7) is 13.0. The summed E-state index contributed by atoms with van der Waals surface area (Å²) in [5, 5.41) is 9.76. The lowest BCUT2D eigenvalue weighted by molar-refractivity contribution is -0.154. The van der Waals surface area contributed by atoms with E-state index in [1.165, 1.54) is 12.8 Å². The van der Waals surface area contributed by atoms with Gasteiger partial charge in [-0.2, -0.15) is 0 Å². The fourth-order valence-electron chi connectivity index (χ4n) is 3.93. The first-order valence-electron chi connectivity index (χ1n) is 8.78. The summed E-state index contributed by atoms with van der Waals surface area (Å²) in [6, 6.07) is 0.542. The lowest BCUT2D eigenvalue weighted by Crippen LogP contribution is -2.51. The SMILES string of the molecule is CCCC1(C(=O)O)CCCN(C(CC(C)C)CC(C)C)C1. The number of hydrogen-bond donors (Lipinski definition) is 1. The monoisotopic (exact) mass is 297 g/mol. The van der Waals surface area contributed by atoms with Gasteiger partial charge in [0.2, 0.25) is 0 Å². The second-order valence-corrected chi connectivity index (χ2v) is 7.82. The quantitative estimate of drug-likeness (QED) is 0.721. The summed E-state index contributed by atoms with van der Waals surface area (Å²) in [4.78, 5) is 14.3. The van der Waals surface area contributed by atoms with Crippen LogP contribution in [0.5, 0.6) is 0 Å². The number of rotatable bonds is 8. The second kappa shape index (κ2) is 8.17. The summed E-state index contributed by atoms with van der Waals surface area (Å²) in [6.07, 6.45) is 6.01. The Morgan fingerprint density at radius 3 is 2.19 bits per heavy atom. The van der Waals surface area contributed by atoms with E-state index in [0.29, 0.717) is 17.9 Å². The Morgan fingerprint density at radius 2 is 1.76 bits per heavy atom. The van der Waals surface area contributed by atoms with E-state index in [-0.39, 0.29) is 0 Å². The molecule has 1 fully saturated rings. The number of piperidine rings is 1. The molecular weight excluding hydrogens is 262 g/mol. The number of carbonyl (C=O) groups is 1. The molecule has 1 unspecified atom stereocenters. The van der Waals surface area contributed by atoms with Crippen LogP contribution in [0.4, 0.5) is 0 Å². The predicted octanol–water partition coefficient (Wildman–Crippen LogP) is 4.41. The lowest BCUT2D eigenvalue weighted by atomic mass is 9.75. The van der Waals surface area contributed by atoms with Gasteiger partial charge in [-0.15, -0.1) is 0 Å². The lowest BCUT2D eigenvalue weighted by Gasteiger charge is -2.44. The number of carboxylic acid groups (broad SMARTS) is 1. The Morgan fingerprint density at radius 1 is 1.19 bits per heavy atom. The molecule has 1 aliphatic heterocycles. The highest BCUT2D eigenvalue weighted by Gasteiger charge is 2.43. The maximum atomic E-state index is 11.9. The van der Waals surface area contributed by atoms with Gasteiger partial charge in [0.1, 0.15) is 0 Å². The molecule has 0 saturated carbocycles. The van der Waals surface area contributed by atoms with Crippen molar-refractivity contribution in [2.45, 2.75) is 79.2 Å². The number of likely N-dealkylation sites (tertiary alicyclic amines) is 1. The largest absolute Gasteiger partial charge is 0.481 e. The van der Waals surface area contributed by atoms with Gasteiger partial charge < -0.3 is 5.11 Å². The average molecular weight is 297 g/mol. The molecule has 0 aromatic heterocycles. The van der Waals surface area contributed by atoms with Gasteiger partial charge in [-0.25, -0.2) is 0 Å². The minimum atomic E-state index is -0.582. The molecule has 1 N–H and O–H groups in total. The van der Waals surface area contributed by atoms with Crippen LogP contribution in [0.25, 0.3) is 0 Å². The molecule has 0 bridgehead atoms. The van der Waals surface area contributed by atoms with E-state index >= 15 is 0 Å². The van der Waals surface area contributed by atoms with Crippen molar-refractivity contribution >= 4 is 5.97 Å². The first-order chi connectivity index (χ1) is 9.80. The van der Waals surface area contributed by atoms with Gasteiger partial charge >= 0.3 is 5.97 Å². The molecule has 0 spiro atoms. The molecule has 1 rings (SSSR count). The number of hydrogen-bond acceptors (Lipinski definition) is 2. The van der Waals surface area contributed by atoms with Crippen molar-refractivity contribution in [1.82, 2.24) is 4.90 Å². The van der Waals surface area contributed by atoms with Gasteiger partial charge in [0.05, 0.1) is 5.41 Å². The molecule has 0 aromatic rings. The highest BCUT2D eigenvalue weighted by molar-refractivity contribution is 5.75. The van der Waals surface area contributed by atoms with Crippen LogP contribution in [0.1, 0.15) is 73.1 Å². The smallest absolute Gasteiger partial charge is 0.310 e. The van der Waals surface area contributed by atoms with Crippen LogP contribution < -0.4 is 0 Å². The average Bonchev–Trinajstić information content (AvgIpc) is 2.37. The Balaban J connectivity index is 2.85. The van der Waals surface area contributed by atoms with Crippen LogP contribution in [0.3, 0.4) is 0 Å². The van der Waals surface area contributed by atoms with Gasteiger partial charge in [-0.1, -0.05) is 41.0 Å². The van der Waals surface area contributed by atoms with Crippen molar-refractivity contribution in [3.8, 4) is 0 Å². The molecule has 1 heterocycles. The predicted molar refractivity (Wildman–Crippen MR) is 88.5 cm³/mol. The van der Waals surface area contributed by atoms with Gasteiger partial charge in [0, 0.05) is 12.6 Å². The zero-order valence-corrected chi connectivity index (χ0v) is 14.7. The van der Waals surface area contributed by atoms with E-state index in [2.05, 4.69) is 39.5 Å². The van der Waals surface area contributed by atoms with E-state index in [4.69, 9.17) is 0 Å². The molecule has 3 nitrogen and oxygen atoms in total. The van der Waals surface area contributed by atoms with E-state index in [9.17, 15) is 9.90 Å². The molecular formula is C18H35NO2. The van der Waals surface area contributed by atoms with Crippen molar-refractivity contribution < 1.29 is 9.90 Å². The van der Waals surface area contributed by atoms with Crippen molar-refractivity contribution in [3.63, 3.8) is 0 Å². The number of nitrogens with zero attached hydrogens (tertiary/aromatic N) is 1. The molecule has 124 valence electrons. The molecule has 0 radical (unpaired) electrons. The van der Waals surface area contributed by atoms with Crippen LogP contribution in [0, 0.1) is 17.3 Å². The van der Waals surface area contributed by atoms with Crippen molar-refractivity contribution in [1.29, 1.82) is 0 Å². The van der Waals surface area contributed by atoms with Crippen LogP contribution >= 0.6 is 0 Å².